The van der Waals surface area contributed by atoms with Crippen molar-refractivity contribution < 1.29 is 0 Å². The van der Waals surface area contributed by atoms with Crippen LogP contribution in [-0.4, -0.2) is 0 Å². The number of nitrogen functional groups attached to an aromatic ring is 1. The lowest BCUT2D eigenvalue weighted by Crippen LogP contribution is -1.95. The Kier molecular flexibility index (Phi) is 22.5. The molecule has 0 bridgehead atoms. The second-order valence-corrected chi connectivity index (χ2v) is 10.2. The van der Waals surface area contributed by atoms with Gasteiger partial charge in [0.2, 0.25) is 0 Å². The fourth-order valence-electron chi connectivity index (χ4n) is 4.71. The molecule has 0 aliphatic heterocycles. The lowest BCUT2D eigenvalue weighted by atomic mass is 9.94. The third-order valence-corrected chi connectivity index (χ3v) is 7.26. The summed E-state index contributed by atoms with van der Waals surface area (Å²) in [6.07, 6.45) is 26.2. The maximum absolute atomic E-state index is 5.36. The Morgan fingerprint density at radius 1 is 0.611 bits per heavy atom. The van der Waals surface area contributed by atoms with Crippen LogP contribution in [0.5, 0.6) is 0 Å². The molecular weight excluding hydrogens is 458 g/mol. The summed E-state index contributed by atoms with van der Waals surface area (Å²) in [5.41, 5.74) is 11.9. The van der Waals surface area contributed by atoms with Crippen molar-refractivity contribution in [2.45, 2.75) is 130 Å². The van der Waals surface area contributed by atoms with E-state index in [9.17, 15) is 0 Å². The fraction of sp³-hybridized carbons (Fsp3) is 0.588. The van der Waals surface area contributed by atoms with E-state index in [1.54, 1.807) is 0 Å². The van der Waals surface area contributed by atoms with E-state index in [1.807, 2.05) is 36.4 Å². The lowest BCUT2D eigenvalue weighted by molar-refractivity contribution is 0.529. The normalized spacial score (nSPS) is 10.3. The Labute approximate surface area is 230 Å². The highest BCUT2D eigenvalue weighted by molar-refractivity contribution is 5.85. The zero-order valence-electron chi connectivity index (χ0n) is 23.8. The summed E-state index contributed by atoms with van der Waals surface area (Å²) in [4.78, 5) is 0. The molecule has 0 heterocycles. The zero-order chi connectivity index (χ0) is 25.6. The van der Waals surface area contributed by atoms with E-state index in [1.165, 1.54) is 131 Å². The number of aryl methyl sites for hydroxylation is 1. The fourth-order valence-corrected chi connectivity index (χ4v) is 4.71. The molecule has 0 saturated heterocycles. The second kappa shape index (κ2) is 23.7. The van der Waals surface area contributed by atoms with Crippen LogP contribution in [0.1, 0.15) is 132 Å². The summed E-state index contributed by atoms with van der Waals surface area (Å²) >= 11 is 0. The molecule has 0 fully saturated rings. The summed E-state index contributed by atoms with van der Waals surface area (Å²) in [6.45, 7) is 10.7. The summed E-state index contributed by atoms with van der Waals surface area (Å²) in [5.74, 6) is 0. The van der Waals surface area contributed by atoms with E-state index in [2.05, 4.69) is 39.5 Å². The molecule has 0 amide bonds. The highest BCUT2D eigenvalue weighted by Crippen LogP contribution is 2.21. The van der Waals surface area contributed by atoms with E-state index < -0.39 is 0 Å². The van der Waals surface area contributed by atoms with Crippen LogP contribution in [0.15, 0.2) is 49.0 Å². The summed E-state index contributed by atoms with van der Waals surface area (Å²) in [6, 6.07) is 14.0. The molecule has 2 aromatic rings. The molecule has 2 heteroatoms. The van der Waals surface area contributed by atoms with Gasteiger partial charge in [0, 0.05) is 5.69 Å². The lowest BCUT2D eigenvalue weighted by Gasteiger charge is -2.11. The van der Waals surface area contributed by atoms with Crippen LogP contribution < -0.4 is 5.73 Å². The molecule has 0 aliphatic rings. The van der Waals surface area contributed by atoms with Crippen molar-refractivity contribution in [3.8, 4) is 0 Å². The van der Waals surface area contributed by atoms with Crippen LogP contribution in [0.25, 0.3) is 6.08 Å². The minimum atomic E-state index is 0. The standard InChI is InChI=1S/C28H48.C6H7N.ClH/c1-5-7-8-9-10-11-12-13-14-15-16-17-18-19-20-21-22-28-24-23-27(6-2)25(3)26(28)4;7-6-4-2-1-3-5-6;/h6,23-24H,2,5,7-22H2,1,3-4H3;1-5H,7H2;1H. The average Bonchev–Trinajstić information content (AvgIpc) is 2.87. The first-order chi connectivity index (χ1) is 17.1. The molecule has 2 N–H and O–H groups in total. The van der Waals surface area contributed by atoms with Gasteiger partial charge in [0.05, 0.1) is 0 Å². The molecule has 204 valence electrons. The molecule has 0 aliphatic carbocycles. The zero-order valence-corrected chi connectivity index (χ0v) is 24.6. The quantitative estimate of drug-likeness (QED) is 0.155. The first-order valence-corrected chi connectivity index (χ1v) is 14.6. The van der Waals surface area contributed by atoms with Crippen molar-refractivity contribution >= 4 is 24.2 Å². The molecule has 0 unspecified atom stereocenters. The van der Waals surface area contributed by atoms with Crippen molar-refractivity contribution in [2.75, 3.05) is 5.73 Å². The van der Waals surface area contributed by atoms with Gasteiger partial charge in [-0.05, 0) is 61.1 Å². The molecule has 0 aromatic heterocycles. The van der Waals surface area contributed by atoms with Crippen molar-refractivity contribution in [3.63, 3.8) is 0 Å². The minimum absolute atomic E-state index is 0. The Balaban J connectivity index is 0.00000131. The van der Waals surface area contributed by atoms with Crippen LogP contribution in [0.3, 0.4) is 0 Å². The van der Waals surface area contributed by atoms with Crippen molar-refractivity contribution in [2.24, 2.45) is 0 Å². The Hall–Kier alpha value is -1.73. The number of anilines is 1. The summed E-state index contributed by atoms with van der Waals surface area (Å²) in [5, 5.41) is 0. The molecule has 2 aromatic carbocycles. The number of benzene rings is 2. The van der Waals surface area contributed by atoms with Crippen LogP contribution in [-0.2, 0) is 6.42 Å². The highest BCUT2D eigenvalue weighted by Gasteiger charge is 2.04. The van der Waals surface area contributed by atoms with Crippen molar-refractivity contribution in [1.82, 2.24) is 0 Å². The monoisotopic (exact) mass is 513 g/mol. The number of rotatable bonds is 18. The topological polar surface area (TPSA) is 26.0 Å². The average molecular weight is 514 g/mol. The number of nitrogens with two attached hydrogens (primary N) is 1. The van der Waals surface area contributed by atoms with E-state index in [4.69, 9.17) is 5.73 Å². The Morgan fingerprint density at radius 3 is 1.44 bits per heavy atom. The predicted molar refractivity (Wildman–Crippen MR) is 167 cm³/mol. The molecule has 1 nitrogen and oxygen atoms in total. The van der Waals surface area contributed by atoms with Crippen LogP contribution in [0, 0.1) is 13.8 Å². The molecular formula is C34H56ClN. The molecule has 0 saturated carbocycles. The van der Waals surface area contributed by atoms with Crippen molar-refractivity contribution in [3.05, 3.63) is 71.3 Å². The maximum atomic E-state index is 5.36. The smallest absolute Gasteiger partial charge is 0.0313 e. The number of hydrogen-bond donors (Lipinski definition) is 1. The van der Waals surface area contributed by atoms with Crippen molar-refractivity contribution in [1.29, 1.82) is 0 Å². The van der Waals surface area contributed by atoms with E-state index in [0.717, 1.165) is 5.69 Å². The third kappa shape index (κ3) is 16.9. The predicted octanol–water partition coefficient (Wildman–Crippen LogP) is 11.4. The van der Waals surface area contributed by atoms with E-state index in [0.29, 0.717) is 0 Å². The van der Waals surface area contributed by atoms with Gasteiger partial charge in [0.25, 0.3) is 0 Å². The molecule has 2 rings (SSSR count). The second-order valence-electron chi connectivity index (χ2n) is 10.2. The van der Waals surface area contributed by atoms with E-state index >= 15 is 0 Å². The van der Waals surface area contributed by atoms with Gasteiger partial charge in [-0.15, -0.1) is 12.4 Å². The Bertz CT molecular complexity index is 768. The van der Waals surface area contributed by atoms with Gasteiger partial charge >= 0.3 is 0 Å². The first kappa shape index (κ1) is 34.3. The van der Waals surface area contributed by atoms with Gasteiger partial charge in [-0.3, -0.25) is 0 Å². The van der Waals surface area contributed by atoms with Gasteiger partial charge in [-0.1, -0.05) is 146 Å². The van der Waals surface area contributed by atoms with Crippen LogP contribution >= 0.6 is 12.4 Å². The molecule has 0 radical (unpaired) electrons. The maximum Gasteiger partial charge on any atom is 0.0313 e. The molecule has 36 heavy (non-hydrogen) atoms. The Morgan fingerprint density at radius 2 is 1.06 bits per heavy atom. The van der Waals surface area contributed by atoms with Crippen LogP contribution in [0.4, 0.5) is 5.69 Å². The molecule has 0 spiro atoms. The van der Waals surface area contributed by atoms with Gasteiger partial charge < -0.3 is 5.73 Å². The number of hydrogen-bond acceptors (Lipinski definition) is 1. The summed E-state index contributed by atoms with van der Waals surface area (Å²) < 4.78 is 0. The van der Waals surface area contributed by atoms with Gasteiger partial charge in [-0.25, -0.2) is 0 Å². The number of para-hydroxylation sites is 1. The first-order valence-electron chi connectivity index (χ1n) is 14.6. The highest BCUT2D eigenvalue weighted by atomic mass is 35.5. The van der Waals surface area contributed by atoms with Crippen LogP contribution in [0.2, 0.25) is 0 Å². The third-order valence-electron chi connectivity index (χ3n) is 7.26. The number of unbranched alkanes of at least 4 members (excludes halogenated alkanes) is 15. The SMILES string of the molecule is C=Cc1ccc(CCCCCCCCCCCCCCCCCC)c(C)c1C.Cl.Nc1ccccc1. The largest absolute Gasteiger partial charge is 0.399 e. The van der Waals surface area contributed by atoms with Gasteiger partial charge in [0.15, 0.2) is 0 Å². The van der Waals surface area contributed by atoms with Gasteiger partial charge in [0.1, 0.15) is 0 Å². The number of halogens is 1. The molecule has 0 atom stereocenters. The van der Waals surface area contributed by atoms with E-state index in [-0.39, 0.29) is 12.4 Å². The summed E-state index contributed by atoms with van der Waals surface area (Å²) in [7, 11) is 0. The minimum Gasteiger partial charge on any atom is -0.399 e. The van der Waals surface area contributed by atoms with Gasteiger partial charge in [-0.2, -0.15) is 0 Å².